The van der Waals surface area contributed by atoms with Crippen LogP contribution in [0.15, 0.2) is 48.5 Å². The fourth-order valence-electron chi connectivity index (χ4n) is 3.55. The Hall–Kier alpha value is -2.78. The van der Waals surface area contributed by atoms with E-state index in [1.165, 1.54) is 9.21 Å². The number of sulfonamides is 1. The third-order valence-electron chi connectivity index (χ3n) is 5.36. The van der Waals surface area contributed by atoms with Gasteiger partial charge in [-0.1, -0.05) is 29.8 Å². The highest BCUT2D eigenvalue weighted by atomic mass is 35.5. The summed E-state index contributed by atoms with van der Waals surface area (Å²) in [5.74, 6) is 0.199. The van der Waals surface area contributed by atoms with Gasteiger partial charge in [-0.25, -0.2) is 8.42 Å². The van der Waals surface area contributed by atoms with Crippen LogP contribution in [0.4, 0.5) is 5.69 Å². The van der Waals surface area contributed by atoms with E-state index in [-0.39, 0.29) is 43.8 Å². The van der Waals surface area contributed by atoms with Crippen molar-refractivity contribution in [2.45, 2.75) is 52.2 Å². The molecule has 0 saturated carbocycles. The zero-order valence-electron chi connectivity index (χ0n) is 20.8. The van der Waals surface area contributed by atoms with Crippen LogP contribution < -0.4 is 14.4 Å². The summed E-state index contributed by atoms with van der Waals surface area (Å²) >= 11 is 6.03. The van der Waals surface area contributed by atoms with E-state index in [2.05, 4.69) is 5.32 Å². The fourth-order valence-corrected chi connectivity index (χ4v) is 4.69. The normalized spacial score (nSPS) is 12.2. The van der Waals surface area contributed by atoms with Crippen LogP contribution in [0.25, 0.3) is 0 Å². The van der Waals surface area contributed by atoms with Crippen molar-refractivity contribution in [1.82, 2.24) is 10.2 Å². The largest absolute Gasteiger partial charge is 0.497 e. The molecule has 8 nitrogen and oxygen atoms in total. The van der Waals surface area contributed by atoms with Gasteiger partial charge in [0.1, 0.15) is 11.8 Å². The maximum Gasteiger partial charge on any atom is 0.242 e. The van der Waals surface area contributed by atoms with Crippen LogP contribution >= 0.6 is 11.6 Å². The average Bonchev–Trinajstić information content (AvgIpc) is 2.78. The number of anilines is 1. The van der Waals surface area contributed by atoms with Crippen LogP contribution in [-0.2, 0) is 26.2 Å². The molecule has 0 aliphatic rings. The maximum atomic E-state index is 13.3. The van der Waals surface area contributed by atoms with Crippen molar-refractivity contribution in [2.24, 2.45) is 0 Å². The zero-order chi connectivity index (χ0) is 26.2. The second kappa shape index (κ2) is 12.8. The highest BCUT2D eigenvalue weighted by Crippen LogP contribution is 2.23. The smallest absolute Gasteiger partial charge is 0.242 e. The molecule has 0 aromatic heterocycles. The minimum atomic E-state index is -3.58. The van der Waals surface area contributed by atoms with E-state index in [9.17, 15) is 18.0 Å². The molecule has 2 aromatic carbocycles. The summed E-state index contributed by atoms with van der Waals surface area (Å²) in [6.45, 7) is 5.74. The van der Waals surface area contributed by atoms with Gasteiger partial charge in [0.25, 0.3) is 0 Å². The molecule has 2 aromatic rings. The first kappa shape index (κ1) is 28.5. The highest BCUT2D eigenvalue weighted by molar-refractivity contribution is 7.92. The van der Waals surface area contributed by atoms with Crippen molar-refractivity contribution in [1.29, 1.82) is 0 Å². The van der Waals surface area contributed by atoms with E-state index in [1.807, 2.05) is 26.0 Å². The number of rotatable bonds is 12. The van der Waals surface area contributed by atoms with Gasteiger partial charge in [0.2, 0.25) is 21.8 Å². The molecule has 0 unspecified atom stereocenters. The predicted octanol–water partition coefficient (Wildman–Crippen LogP) is 3.84. The Morgan fingerprint density at radius 1 is 1.09 bits per heavy atom. The third-order valence-corrected chi connectivity index (χ3v) is 6.79. The van der Waals surface area contributed by atoms with Gasteiger partial charge in [0, 0.05) is 30.6 Å². The van der Waals surface area contributed by atoms with Gasteiger partial charge in [0.05, 0.1) is 19.1 Å². The molecule has 1 N–H and O–H groups in total. The van der Waals surface area contributed by atoms with Gasteiger partial charge in [-0.05, 0) is 63.1 Å². The van der Waals surface area contributed by atoms with Crippen molar-refractivity contribution in [3.05, 3.63) is 59.1 Å². The van der Waals surface area contributed by atoms with Gasteiger partial charge in [-0.3, -0.25) is 13.9 Å². The lowest BCUT2D eigenvalue weighted by molar-refractivity contribution is -0.140. The van der Waals surface area contributed by atoms with Gasteiger partial charge >= 0.3 is 0 Å². The molecule has 0 spiro atoms. The van der Waals surface area contributed by atoms with Crippen LogP contribution in [-0.4, -0.2) is 57.1 Å². The molecule has 0 aliphatic carbocycles. The van der Waals surface area contributed by atoms with Crippen LogP contribution in [0.3, 0.4) is 0 Å². The second-order valence-corrected chi connectivity index (χ2v) is 11.0. The summed E-state index contributed by atoms with van der Waals surface area (Å²) in [6, 6.07) is 13.1. The number of hydrogen-bond acceptors (Lipinski definition) is 5. The standard InChI is InChI=1S/C25H34ClN3O5S/c1-18(2)27-25(31)19(3)28(17-20-11-13-23(34-4)14-12-20)24(30)10-7-15-29(35(5,32)33)22-9-6-8-21(26)16-22/h6,8-9,11-14,16,18-19H,7,10,15,17H2,1-5H3,(H,27,31)/t19-/m0/s1. The van der Waals surface area contributed by atoms with E-state index < -0.39 is 16.1 Å². The SMILES string of the molecule is COc1ccc(CN(C(=O)CCCN(c2cccc(Cl)c2)S(C)(=O)=O)[C@@H](C)C(=O)NC(C)C)cc1. The first-order valence-corrected chi connectivity index (χ1v) is 13.6. The lowest BCUT2D eigenvalue weighted by Crippen LogP contribution is -2.49. The number of amides is 2. The molecule has 0 radical (unpaired) electrons. The lowest BCUT2D eigenvalue weighted by Gasteiger charge is -2.30. The number of carbonyl (C=O) groups is 2. The van der Waals surface area contributed by atoms with Gasteiger partial charge in [0.15, 0.2) is 0 Å². The van der Waals surface area contributed by atoms with Crippen molar-refractivity contribution < 1.29 is 22.7 Å². The van der Waals surface area contributed by atoms with Crippen LogP contribution in [0.2, 0.25) is 5.02 Å². The van der Waals surface area contributed by atoms with Crippen LogP contribution in [0.1, 0.15) is 39.2 Å². The number of ether oxygens (including phenoxy) is 1. The van der Waals surface area contributed by atoms with Crippen LogP contribution in [0, 0.1) is 0 Å². The highest BCUT2D eigenvalue weighted by Gasteiger charge is 2.27. The van der Waals surface area contributed by atoms with Crippen molar-refractivity contribution in [3.63, 3.8) is 0 Å². The molecule has 35 heavy (non-hydrogen) atoms. The maximum absolute atomic E-state index is 13.3. The Labute approximate surface area is 213 Å². The van der Waals surface area contributed by atoms with Gasteiger partial charge in [-0.2, -0.15) is 0 Å². The summed E-state index contributed by atoms with van der Waals surface area (Å²) in [6.07, 6.45) is 1.46. The summed E-state index contributed by atoms with van der Waals surface area (Å²) in [5.41, 5.74) is 1.28. The van der Waals surface area contributed by atoms with E-state index in [0.29, 0.717) is 16.5 Å². The lowest BCUT2D eigenvalue weighted by atomic mass is 10.1. The Kier molecular flexibility index (Phi) is 10.4. The molecule has 192 valence electrons. The number of benzene rings is 2. The van der Waals surface area contributed by atoms with Crippen LogP contribution in [0.5, 0.6) is 5.75 Å². The molecule has 0 saturated heterocycles. The van der Waals surface area contributed by atoms with E-state index in [1.54, 1.807) is 50.4 Å². The molecule has 0 aliphatic heterocycles. The molecule has 0 heterocycles. The quantitative estimate of drug-likeness (QED) is 0.456. The Morgan fingerprint density at radius 3 is 2.29 bits per heavy atom. The van der Waals surface area contributed by atoms with Crippen molar-refractivity contribution in [3.8, 4) is 5.75 Å². The zero-order valence-corrected chi connectivity index (χ0v) is 22.4. The molecule has 2 amide bonds. The van der Waals surface area contributed by atoms with E-state index in [0.717, 1.165) is 11.8 Å². The summed E-state index contributed by atoms with van der Waals surface area (Å²) in [7, 11) is -2.00. The minimum absolute atomic E-state index is 0.0658. The predicted molar refractivity (Wildman–Crippen MR) is 139 cm³/mol. The monoisotopic (exact) mass is 523 g/mol. The first-order valence-electron chi connectivity index (χ1n) is 11.4. The number of halogens is 1. The number of methoxy groups -OCH3 is 1. The van der Waals surface area contributed by atoms with E-state index >= 15 is 0 Å². The number of hydrogen-bond donors (Lipinski definition) is 1. The molecule has 2 rings (SSSR count). The molecular weight excluding hydrogens is 490 g/mol. The van der Waals surface area contributed by atoms with Gasteiger partial charge < -0.3 is 15.0 Å². The Morgan fingerprint density at radius 2 is 1.74 bits per heavy atom. The number of carbonyl (C=O) groups excluding carboxylic acids is 2. The van der Waals surface area contributed by atoms with Gasteiger partial charge in [-0.15, -0.1) is 0 Å². The average molecular weight is 524 g/mol. The Balaban J connectivity index is 2.17. The molecule has 0 fully saturated rings. The topological polar surface area (TPSA) is 96.0 Å². The fraction of sp³-hybridized carbons (Fsp3) is 0.440. The summed E-state index contributed by atoms with van der Waals surface area (Å²) < 4.78 is 31.2. The summed E-state index contributed by atoms with van der Waals surface area (Å²) in [5, 5.41) is 3.27. The molecule has 0 bridgehead atoms. The first-order chi connectivity index (χ1) is 16.4. The molecule has 10 heteroatoms. The Bertz CT molecular complexity index is 1110. The number of nitrogens with one attached hydrogen (secondary N) is 1. The third kappa shape index (κ3) is 8.74. The summed E-state index contributed by atoms with van der Waals surface area (Å²) in [4.78, 5) is 27.5. The van der Waals surface area contributed by atoms with Crippen molar-refractivity contribution in [2.75, 3.05) is 24.2 Å². The molecule has 1 atom stereocenters. The van der Waals surface area contributed by atoms with Crippen molar-refractivity contribution >= 4 is 39.1 Å². The second-order valence-electron chi connectivity index (χ2n) is 8.63. The van der Waals surface area contributed by atoms with E-state index in [4.69, 9.17) is 16.3 Å². The number of nitrogens with zero attached hydrogens (tertiary/aromatic N) is 2. The minimum Gasteiger partial charge on any atom is -0.497 e. The molecular formula is C25H34ClN3O5S.